The normalized spacial score (nSPS) is 24.3. The number of hydrogen-bond donors (Lipinski definition) is 1. The number of carbonyl (C=O) groups is 1. The van der Waals surface area contributed by atoms with Crippen molar-refractivity contribution >= 4 is 5.91 Å². The van der Waals surface area contributed by atoms with E-state index in [1.807, 2.05) is 17.4 Å². The number of aromatic nitrogens is 2. The van der Waals surface area contributed by atoms with Gasteiger partial charge in [0.05, 0.1) is 24.3 Å². The Bertz CT molecular complexity index is 440. The molecular formula is C14H24N4O. The van der Waals surface area contributed by atoms with Gasteiger partial charge < -0.3 is 15.2 Å². The maximum absolute atomic E-state index is 12.2. The highest BCUT2D eigenvalue weighted by Gasteiger charge is 2.36. The first-order valence-corrected chi connectivity index (χ1v) is 7.13. The van der Waals surface area contributed by atoms with E-state index >= 15 is 0 Å². The van der Waals surface area contributed by atoms with Crippen molar-refractivity contribution in [2.24, 2.45) is 5.73 Å². The maximum Gasteiger partial charge on any atom is 0.223 e. The molecule has 1 fully saturated rings. The third kappa shape index (κ3) is 2.66. The van der Waals surface area contributed by atoms with Gasteiger partial charge in [0.25, 0.3) is 0 Å². The summed E-state index contributed by atoms with van der Waals surface area (Å²) in [5, 5.41) is 0. The van der Waals surface area contributed by atoms with E-state index in [1.54, 1.807) is 0 Å². The number of imidazole rings is 1. The standard InChI is InChI=1S/C14H24N4O/c1-4-7-17-13(19)6-5-11(15)14(17)12-8-16-9-18(12)10(2)3/h8-11,14H,4-7,15H2,1-3H3. The molecule has 2 heterocycles. The summed E-state index contributed by atoms with van der Waals surface area (Å²) >= 11 is 0. The van der Waals surface area contributed by atoms with Crippen molar-refractivity contribution in [2.45, 2.75) is 58.2 Å². The monoisotopic (exact) mass is 264 g/mol. The lowest BCUT2D eigenvalue weighted by molar-refractivity contribution is -0.137. The van der Waals surface area contributed by atoms with Crippen LogP contribution in [0.2, 0.25) is 0 Å². The number of likely N-dealkylation sites (tertiary alicyclic amines) is 1. The molecule has 2 atom stereocenters. The average molecular weight is 264 g/mol. The van der Waals surface area contributed by atoms with Gasteiger partial charge in [0.2, 0.25) is 5.91 Å². The fourth-order valence-electron chi connectivity index (χ4n) is 2.84. The minimum atomic E-state index is -0.0360. The van der Waals surface area contributed by atoms with Gasteiger partial charge in [-0.2, -0.15) is 0 Å². The highest BCUT2D eigenvalue weighted by molar-refractivity contribution is 5.77. The van der Waals surface area contributed by atoms with Crippen LogP contribution in [0.25, 0.3) is 0 Å². The largest absolute Gasteiger partial charge is 0.333 e. The van der Waals surface area contributed by atoms with Gasteiger partial charge in [-0.1, -0.05) is 6.92 Å². The molecule has 19 heavy (non-hydrogen) atoms. The van der Waals surface area contributed by atoms with Crippen molar-refractivity contribution in [3.63, 3.8) is 0 Å². The summed E-state index contributed by atoms with van der Waals surface area (Å²) in [5.74, 6) is 0.213. The molecule has 5 heteroatoms. The van der Waals surface area contributed by atoms with Crippen LogP contribution >= 0.6 is 0 Å². The first-order chi connectivity index (χ1) is 9.06. The van der Waals surface area contributed by atoms with Crippen molar-refractivity contribution < 1.29 is 4.79 Å². The van der Waals surface area contributed by atoms with E-state index in [2.05, 4.69) is 30.3 Å². The van der Waals surface area contributed by atoms with E-state index in [0.29, 0.717) is 12.5 Å². The van der Waals surface area contributed by atoms with Gasteiger partial charge in [-0.25, -0.2) is 4.98 Å². The summed E-state index contributed by atoms with van der Waals surface area (Å²) < 4.78 is 2.12. The minimum Gasteiger partial charge on any atom is -0.333 e. The van der Waals surface area contributed by atoms with E-state index in [9.17, 15) is 4.79 Å². The Morgan fingerprint density at radius 3 is 2.89 bits per heavy atom. The molecule has 1 aromatic rings. The van der Waals surface area contributed by atoms with Crippen molar-refractivity contribution in [2.75, 3.05) is 6.54 Å². The molecule has 0 aromatic carbocycles. The van der Waals surface area contributed by atoms with Crippen LogP contribution in [0.15, 0.2) is 12.5 Å². The first kappa shape index (κ1) is 14.1. The molecule has 0 bridgehead atoms. The van der Waals surface area contributed by atoms with Crippen LogP contribution in [0.4, 0.5) is 0 Å². The maximum atomic E-state index is 12.2. The van der Waals surface area contributed by atoms with Crippen LogP contribution in [0.3, 0.4) is 0 Å². The lowest BCUT2D eigenvalue weighted by Gasteiger charge is -2.40. The summed E-state index contributed by atoms with van der Waals surface area (Å²) in [5.41, 5.74) is 7.35. The summed E-state index contributed by atoms with van der Waals surface area (Å²) in [4.78, 5) is 18.3. The Morgan fingerprint density at radius 1 is 1.53 bits per heavy atom. The molecular weight excluding hydrogens is 240 g/mol. The molecule has 2 rings (SSSR count). The number of rotatable bonds is 4. The molecule has 0 spiro atoms. The molecule has 1 aliphatic heterocycles. The van der Waals surface area contributed by atoms with E-state index < -0.39 is 0 Å². The number of nitrogens with zero attached hydrogens (tertiary/aromatic N) is 3. The Hall–Kier alpha value is -1.36. The molecule has 106 valence electrons. The average Bonchev–Trinajstić information content (AvgIpc) is 2.83. The van der Waals surface area contributed by atoms with Gasteiger partial charge in [0.15, 0.2) is 0 Å². The Morgan fingerprint density at radius 2 is 2.26 bits per heavy atom. The van der Waals surface area contributed by atoms with Gasteiger partial charge in [0, 0.05) is 25.0 Å². The summed E-state index contributed by atoms with van der Waals surface area (Å²) in [6, 6.07) is 0.287. The molecule has 5 nitrogen and oxygen atoms in total. The van der Waals surface area contributed by atoms with E-state index in [4.69, 9.17) is 5.73 Å². The van der Waals surface area contributed by atoms with E-state index in [0.717, 1.165) is 25.1 Å². The number of amides is 1. The topological polar surface area (TPSA) is 64.2 Å². The van der Waals surface area contributed by atoms with Crippen molar-refractivity contribution in [3.05, 3.63) is 18.2 Å². The molecule has 0 saturated carbocycles. The van der Waals surface area contributed by atoms with Gasteiger partial charge >= 0.3 is 0 Å². The molecule has 1 amide bonds. The molecule has 2 unspecified atom stereocenters. The van der Waals surface area contributed by atoms with Crippen LogP contribution in [0, 0.1) is 0 Å². The molecule has 1 saturated heterocycles. The van der Waals surface area contributed by atoms with Gasteiger partial charge in [-0.3, -0.25) is 4.79 Å². The highest BCUT2D eigenvalue weighted by atomic mass is 16.2. The highest BCUT2D eigenvalue weighted by Crippen LogP contribution is 2.32. The molecule has 1 aromatic heterocycles. The molecule has 0 aliphatic carbocycles. The third-order valence-corrected chi connectivity index (χ3v) is 3.77. The van der Waals surface area contributed by atoms with Crippen molar-refractivity contribution in [3.8, 4) is 0 Å². The lowest BCUT2D eigenvalue weighted by Crippen LogP contribution is -2.49. The van der Waals surface area contributed by atoms with Crippen molar-refractivity contribution in [1.82, 2.24) is 14.5 Å². The quantitative estimate of drug-likeness (QED) is 0.903. The fourth-order valence-corrected chi connectivity index (χ4v) is 2.84. The first-order valence-electron chi connectivity index (χ1n) is 7.13. The SMILES string of the molecule is CCCN1C(=O)CCC(N)C1c1cncn1C(C)C. The molecule has 1 aliphatic rings. The molecule has 2 N–H and O–H groups in total. The zero-order valence-corrected chi connectivity index (χ0v) is 12.0. The van der Waals surface area contributed by atoms with Crippen LogP contribution in [0.1, 0.15) is 57.8 Å². The second-order valence-electron chi connectivity index (χ2n) is 5.55. The minimum absolute atomic E-state index is 0.00144. The fraction of sp³-hybridized carbons (Fsp3) is 0.714. The summed E-state index contributed by atoms with van der Waals surface area (Å²) in [7, 11) is 0. The van der Waals surface area contributed by atoms with E-state index in [1.165, 1.54) is 0 Å². The summed E-state index contributed by atoms with van der Waals surface area (Å²) in [6.07, 6.45) is 5.95. The second-order valence-corrected chi connectivity index (χ2v) is 5.55. The second kappa shape index (κ2) is 5.74. The van der Waals surface area contributed by atoms with Crippen LogP contribution < -0.4 is 5.73 Å². The van der Waals surface area contributed by atoms with Gasteiger partial charge in [0.1, 0.15) is 0 Å². The number of hydrogen-bond acceptors (Lipinski definition) is 3. The zero-order chi connectivity index (χ0) is 14.0. The van der Waals surface area contributed by atoms with Gasteiger partial charge in [-0.05, 0) is 26.7 Å². The van der Waals surface area contributed by atoms with Crippen molar-refractivity contribution in [1.29, 1.82) is 0 Å². The Balaban J connectivity index is 2.36. The zero-order valence-electron chi connectivity index (χ0n) is 12.0. The third-order valence-electron chi connectivity index (χ3n) is 3.77. The number of nitrogens with two attached hydrogens (primary N) is 1. The van der Waals surface area contributed by atoms with E-state index in [-0.39, 0.29) is 18.0 Å². The smallest absolute Gasteiger partial charge is 0.223 e. The number of carbonyl (C=O) groups excluding carboxylic acids is 1. The molecule has 0 radical (unpaired) electrons. The van der Waals surface area contributed by atoms with Crippen LogP contribution in [0.5, 0.6) is 0 Å². The lowest BCUT2D eigenvalue weighted by atomic mass is 9.93. The summed E-state index contributed by atoms with van der Waals surface area (Å²) in [6.45, 7) is 7.09. The van der Waals surface area contributed by atoms with Crippen LogP contribution in [-0.2, 0) is 4.79 Å². The predicted molar refractivity (Wildman–Crippen MR) is 74.6 cm³/mol. The number of piperidine rings is 1. The Kier molecular flexibility index (Phi) is 4.24. The van der Waals surface area contributed by atoms with Crippen LogP contribution in [-0.4, -0.2) is 32.9 Å². The van der Waals surface area contributed by atoms with Gasteiger partial charge in [-0.15, -0.1) is 0 Å². The Labute approximate surface area is 114 Å². The predicted octanol–water partition coefficient (Wildman–Crippen LogP) is 1.86.